The molecule has 0 saturated carbocycles. The number of nitrogens with zero attached hydrogens (tertiary/aromatic N) is 1. The summed E-state index contributed by atoms with van der Waals surface area (Å²) in [7, 11) is 0. The Hall–Kier alpha value is -0.540. The molecule has 0 bridgehead atoms. The van der Waals surface area contributed by atoms with Crippen molar-refractivity contribution in [2.24, 2.45) is 5.16 Å². The molecule has 0 radical (unpaired) electrons. The first kappa shape index (κ1) is 11.0. The first-order chi connectivity index (χ1) is 7.18. The molecule has 0 aliphatic carbocycles. The maximum atomic E-state index is 5.97. The van der Waals surface area contributed by atoms with Crippen molar-refractivity contribution >= 4 is 33.2 Å². The topological polar surface area (TPSA) is 21.6 Å². The summed E-state index contributed by atoms with van der Waals surface area (Å²) in [6, 6.07) is 7.98. The van der Waals surface area contributed by atoms with Crippen LogP contribution in [0.25, 0.3) is 0 Å². The first-order valence-electron chi connectivity index (χ1n) is 4.80. The van der Waals surface area contributed by atoms with Gasteiger partial charge in [0.2, 0.25) is 0 Å². The lowest BCUT2D eigenvalue weighted by Gasteiger charge is -2.09. The van der Waals surface area contributed by atoms with E-state index in [1.807, 2.05) is 31.2 Å². The Bertz CT molecular complexity index is 392. The molecule has 2 rings (SSSR count). The van der Waals surface area contributed by atoms with E-state index in [0.717, 1.165) is 22.2 Å². The highest BCUT2D eigenvalue weighted by Gasteiger charge is 2.26. The zero-order valence-corrected chi connectivity index (χ0v) is 10.6. The third-order valence-electron chi connectivity index (χ3n) is 2.39. The quantitative estimate of drug-likeness (QED) is 0.762. The largest absolute Gasteiger partial charge is 0.390 e. The van der Waals surface area contributed by atoms with E-state index in [0.29, 0.717) is 0 Å². The Labute approximate surface area is 102 Å². The molecule has 1 heterocycles. The van der Waals surface area contributed by atoms with Gasteiger partial charge in [-0.25, -0.2) is 0 Å². The highest BCUT2D eigenvalue weighted by molar-refractivity contribution is 9.10. The van der Waals surface area contributed by atoms with Gasteiger partial charge in [0.05, 0.1) is 11.1 Å². The standard InChI is InChI=1S/C11H11BrClNO/c1-7(13)11-6-10(14-15-11)8-4-2-3-5-9(8)12/h2-5,7,11H,6H2,1H3. The second kappa shape index (κ2) is 4.54. The molecule has 0 fully saturated rings. The van der Waals surface area contributed by atoms with Gasteiger partial charge in [0.15, 0.2) is 0 Å². The fourth-order valence-corrected chi connectivity index (χ4v) is 2.15. The SMILES string of the molecule is CC(Cl)C1CC(c2ccccc2Br)=NO1. The molecule has 0 saturated heterocycles. The monoisotopic (exact) mass is 287 g/mol. The van der Waals surface area contributed by atoms with E-state index in [1.54, 1.807) is 0 Å². The minimum atomic E-state index is -0.0197. The molecule has 1 aromatic carbocycles. The molecule has 0 spiro atoms. The fourth-order valence-electron chi connectivity index (χ4n) is 1.50. The van der Waals surface area contributed by atoms with Gasteiger partial charge in [-0.05, 0) is 13.0 Å². The van der Waals surface area contributed by atoms with E-state index < -0.39 is 0 Å². The molecule has 1 aromatic rings. The maximum Gasteiger partial charge on any atom is 0.149 e. The Morgan fingerprint density at radius 3 is 2.87 bits per heavy atom. The molecule has 2 unspecified atom stereocenters. The van der Waals surface area contributed by atoms with Gasteiger partial charge in [-0.2, -0.15) is 0 Å². The van der Waals surface area contributed by atoms with Crippen molar-refractivity contribution in [3.63, 3.8) is 0 Å². The summed E-state index contributed by atoms with van der Waals surface area (Å²) in [5, 5.41) is 4.05. The molecule has 4 heteroatoms. The van der Waals surface area contributed by atoms with Crippen LogP contribution in [0.2, 0.25) is 0 Å². The third kappa shape index (κ3) is 2.34. The van der Waals surface area contributed by atoms with E-state index in [4.69, 9.17) is 16.4 Å². The van der Waals surface area contributed by atoms with Crippen LogP contribution < -0.4 is 0 Å². The molecule has 0 N–H and O–H groups in total. The molecule has 0 aromatic heterocycles. The van der Waals surface area contributed by atoms with Gasteiger partial charge in [-0.15, -0.1) is 11.6 Å². The number of oxime groups is 1. The van der Waals surface area contributed by atoms with Gasteiger partial charge >= 0.3 is 0 Å². The first-order valence-corrected chi connectivity index (χ1v) is 6.03. The van der Waals surface area contributed by atoms with Gasteiger partial charge in [-0.1, -0.05) is 39.3 Å². The minimum Gasteiger partial charge on any atom is -0.390 e. The average Bonchev–Trinajstić information content (AvgIpc) is 2.67. The Morgan fingerprint density at radius 2 is 2.27 bits per heavy atom. The second-order valence-electron chi connectivity index (χ2n) is 3.54. The van der Waals surface area contributed by atoms with Crippen molar-refractivity contribution in [3.05, 3.63) is 34.3 Å². The van der Waals surface area contributed by atoms with Crippen molar-refractivity contribution in [1.82, 2.24) is 0 Å². The van der Waals surface area contributed by atoms with E-state index in [-0.39, 0.29) is 11.5 Å². The predicted molar refractivity (Wildman–Crippen MR) is 65.5 cm³/mol. The molecule has 2 nitrogen and oxygen atoms in total. The number of benzene rings is 1. The van der Waals surface area contributed by atoms with E-state index in [1.165, 1.54) is 0 Å². The van der Waals surface area contributed by atoms with Crippen LogP contribution in [0.15, 0.2) is 33.9 Å². The molecule has 1 aliphatic heterocycles. The fraction of sp³-hybridized carbons (Fsp3) is 0.364. The number of hydrogen-bond donors (Lipinski definition) is 0. The normalized spacial score (nSPS) is 22.1. The molecular weight excluding hydrogens is 277 g/mol. The zero-order valence-electron chi connectivity index (χ0n) is 8.28. The summed E-state index contributed by atoms with van der Waals surface area (Å²) in [6.07, 6.45) is 0.765. The van der Waals surface area contributed by atoms with Gasteiger partial charge in [0.1, 0.15) is 6.10 Å². The van der Waals surface area contributed by atoms with Gasteiger partial charge in [0, 0.05) is 16.5 Å². The van der Waals surface area contributed by atoms with Crippen LogP contribution in [0.5, 0.6) is 0 Å². The van der Waals surface area contributed by atoms with E-state index in [9.17, 15) is 0 Å². The van der Waals surface area contributed by atoms with Crippen molar-refractivity contribution < 1.29 is 4.84 Å². The van der Waals surface area contributed by atoms with Gasteiger partial charge < -0.3 is 4.84 Å². The van der Waals surface area contributed by atoms with Crippen LogP contribution in [0, 0.1) is 0 Å². The molecule has 2 atom stereocenters. The lowest BCUT2D eigenvalue weighted by molar-refractivity contribution is 0.0855. The lowest BCUT2D eigenvalue weighted by atomic mass is 10.0. The van der Waals surface area contributed by atoms with Crippen LogP contribution in [-0.4, -0.2) is 17.2 Å². The minimum absolute atomic E-state index is 0.00577. The van der Waals surface area contributed by atoms with Crippen molar-refractivity contribution in [2.45, 2.75) is 24.8 Å². The summed E-state index contributed by atoms with van der Waals surface area (Å²) in [5.74, 6) is 0. The predicted octanol–water partition coefficient (Wildman–Crippen LogP) is 3.57. The van der Waals surface area contributed by atoms with E-state index >= 15 is 0 Å². The molecule has 80 valence electrons. The summed E-state index contributed by atoms with van der Waals surface area (Å²) in [5.41, 5.74) is 2.04. The molecule has 15 heavy (non-hydrogen) atoms. The maximum absolute atomic E-state index is 5.97. The summed E-state index contributed by atoms with van der Waals surface area (Å²) in [6.45, 7) is 1.92. The Balaban J connectivity index is 2.18. The zero-order chi connectivity index (χ0) is 10.8. The Morgan fingerprint density at radius 1 is 1.53 bits per heavy atom. The van der Waals surface area contributed by atoms with Gasteiger partial charge in [-0.3, -0.25) is 0 Å². The number of hydrogen-bond acceptors (Lipinski definition) is 2. The molecule has 0 amide bonds. The molecular formula is C11H11BrClNO. The van der Waals surface area contributed by atoms with Crippen LogP contribution in [-0.2, 0) is 4.84 Å². The molecule has 1 aliphatic rings. The van der Waals surface area contributed by atoms with E-state index in [2.05, 4.69) is 21.1 Å². The lowest BCUT2D eigenvalue weighted by Crippen LogP contribution is -2.18. The van der Waals surface area contributed by atoms with Crippen molar-refractivity contribution in [3.8, 4) is 0 Å². The number of alkyl halides is 1. The number of rotatable bonds is 2. The summed E-state index contributed by atoms with van der Waals surface area (Å²) in [4.78, 5) is 5.27. The van der Waals surface area contributed by atoms with Crippen LogP contribution >= 0.6 is 27.5 Å². The van der Waals surface area contributed by atoms with Crippen molar-refractivity contribution in [1.29, 1.82) is 0 Å². The average molecular weight is 289 g/mol. The van der Waals surface area contributed by atoms with Crippen LogP contribution in [0.1, 0.15) is 18.9 Å². The summed E-state index contributed by atoms with van der Waals surface area (Å²) < 4.78 is 1.04. The van der Waals surface area contributed by atoms with Crippen molar-refractivity contribution in [2.75, 3.05) is 0 Å². The van der Waals surface area contributed by atoms with Crippen LogP contribution in [0.3, 0.4) is 0 Å². The highest BCUT2D eigenvalue weighted by Crippen LogP contribution is 2.25. The smallest absolute Gasteiger partial charge is 0.149 e. The third-order valence-corrected chi connectivity index (χ3v) is 3.36. The Kier molecular flexibility index (Phi) is 3.32. The summed E-state index contributed by atoms with van der Waals surface area (Å²) >= 11 is 9.46. The highest BCUT2D eigenvalue weighted by atomic mass is 79.9. The second-order valence-corrected chi connectivity index (χ2v) is 5.09. The van der Waals surface area contributed by atoms with Crippen LogP contribution in [0.4, 0.5) is 0 Å². The number of halogens is 2. The van der Waals surface area contributed by atoms with Gasteiger partial charge in [0.25, 0.3) is 0 Å².